The lowest BCUT2D eigenvalue weighted by molar-refractivity contribution is -0.121. The molecule has 1 heterocycles. The van der Waals surface area contributed by atoms with Crippen LogP contribution >= 0.6 is 0 Å². The zero-order valence-corrected chi connectivity index (χ0v) is 14.4. The minimum atomic E-state index is -3.56. The van der Waals surface area contributed by atoms with E-state index in [1.807, 2.05) is 6.07 Å². The minimum Gasteiger partial charge on any atom is -0.351 e. The van der Waals surface area contributed by atoms with Gasteiger partial charge in [0.2, 0.25) is 15.9 Å². The van der Waals surface area contributed by atoms with Gasteiger partial charge in [-0.15, -0.1) is 0 Å². The summed E-state index contributed by atoms with van der Waals surface area (Å²) in [5, 5.41) is 2.60. The summed E-state index contributed by atoms with van der Waals surface area (Å²) in [5.41, 5.74) is 0.772. The van der Waals surface area contributed by atoms with Gasteiger partial charge >= 0.3 is 0 Å². The fourth-order valence-electron chi connectivity index (χ4n) is 2.42. The molecule has 0 bridgehead atoms. The van der Waals surface area contributed by atoms with Gasteiger partial charge in [-0.2, -0.15) is 4.31 Å². The van der Waals surface area contributed by atoms with E-state index in [9.17, 15) is 21.6 Å². The maximum absolute atomic E-state index is 12.0. The standard InChI is InChI=1S/C14H20N2O5S2/c1-22(18,19)16(9-12-5-3-2-4-6-12)10-14(17)15-13-7-8-23(20,21)11-13/h2-6,13H,7-11H2,1H3,(H,15,17). The second-order valence-corrected chi connectivity index (χ2v) is 9.90. The molecule has 1 N–H and O–H groups in total. The number of amides is 1. The fourth-order valence-corrected chi connectivity index (χ4v) is 4.83. The summed E-state index contributed by atoms with van der Waals surface area (Å²) in [5.74, 6) is -0.526. The van der Waals surface area contributed by atoms with E-state index in [2.05, 4.69) is 5.32 Å². The third-order valence-electron chi connectivity index (χ3n) is 3.59. The van der Waals surface area contributed by atoms with Crippen molar-refractivity contribution in [1.82, 2.24) is 9.62 Å². The minimum absolute atomic E-state index is 0.0533. The Bertz CT molecular complexity index is 760. The van der Waals surface area contributed by atoms with Gasteiger partial charge in [0.05, 0.1) is 24.3 Å². The predicted octanol–water partition coefficient (Wildman–Crippen LogP) is -0.248. The normalized spacial score (nSPS) is 20.5. The molecule has 0 aliphatic carbocycles. The van der Waals surface area contributed by atoms with Gasteiger partial charge in [-0.1, -0.05) is 30.3 Å². The van der Waals surface area contributed by atoms with Gasteiger partial charge in [-0.25, -0.2) is 16.8 Å². The van der Waals surface area contributed by atoms with E-state index < -0.39 is 31.8 Å². The second-order valence-electron chi connectivity index (χ2n) is 5.68. The van der Waals surface area contributed by atoms with Crippen LogP contribution in [0.25, 0.3) is 0 Å². The number of rotatable bonds is 6. The van der Waals surface area contributed by atoms with Crippen molar-refractivity contribution >= 4 is 25.8 Å². The van der Waals surface area contributed by atoms with E-state index in [4.69, 9.17) is 0 Å². The molecule has 1 aliphatic heterocycles. The molecule has 1 aliphatic rings. The van der Waals surface area contributed by atoms with Crippen molar-refractivity contribution in [2.24, 2.45) is 0 Å². The van der Waals surface area contributed by atoms with Crippen LogP contribution in [-0.2, 0) is 31.2 Å². The van der Waals surface area contributed by atoms with Crippen molar-refractivity contribution in [2.45, 2.75) is 19.0 Å². The number of nitrogens with one attached hydrogen (secondary N) is 1. The van der Waals surface area contributed by atoms with E-state index >= 15 is 0 Å². The van der Waals surface area contributed by atoms with Gasteiger partial charge in [-0.05, 0) is 12.0 Å². The number of nitrogens with zero attached hydrogens (tertiary/aromatic N) is 1. The Labute approximate surface area is 136 Å². The van der Waals surface area contributed by atoms with Crippen LogP contribution in [0.5, 0.6) is 0 Å². The number of hydrogen-bond acceptors (Lipinski definition) is 5. The highest BCUT2D eigenvalue weighted by Crippen LogP contribution is 2.12. The van der Waals surface area contributed by atoms with E-state index in [-0.39, 0.29) is 24.6 Å². The molecule has 0 radical (unpaired) electrons. The third kappa shape index (κ3) is 5.60. The van der Waals surface area contributed by atoms with Gasteiger partial charge in [0.1, 0.15) is 0 Å². The van der Waals surface area contributed by atoms with Gasteiger partial charge in [0, 0.05) is 12.6 Å². The van der Waals surface area contributed by atoms with Crippen LogP contribution in [0.2, 0.25) is 0 Å². The van der Waals surface area contributed by atoms with Crippen molar-refractivity contribution in [2.75, 3.05) is 24.3 Å². The van der Waals surface area contributed by atoms with Crippen LogP contribution in [-0.4, -0.2) is 57.4 Å². The summed E-state index contributed by atoms with van der Waals surface area (Å²) < 4.78 is 47.6. The van der Waals surface area contributed by atoms with Gasteiger partial charge in [0.25, 0.3) is 0 Å². The molecule has 23 heavy (non-hydrogen) atoms. The second kappa shape index (κ2) is 6.98. The lowest BCUT2D eigenvalue weighted by atomic mass is 10.2. The summed E-state index contributed by atoms with van der Waals surface area (Å²) in [4.78, 5) is 12.0. The molecule has 7 nitrogen and oxygen atoms in total. The summed E-state index contributed by atoms with van der Waals surface area (Å²) in [6, 6.07) is 8.52. The Kier molecular flexibility index (Phi) is 5.43. The molecule has 0 saturated carbocycles. The van der Waals surface area contributed by atoms with Crippen LogP contribution in [0.15, 0.2) is 30.3 Å². The Morgan fingerprint density at radius 3 is 2.48 bits per heavy atom. The molecule has 9 heteroatoms. The lowest BCUT2D eigenvalue weighted by Gasteiger charge is -2.20. The molecule has 1 atom stereocenters. The molecule has 1 fully saturated rings. The van der Waals surface area contributed by atoms with E-state index in [1.165, 1.54) is 0 Å². The molecule has 128 valence electrons. The van der Waals surface area contributed by atoms with Gasteiger partial charge in [0.15, 0.2) is 9.84 Å². The smallest absolute Gasteiger partial charge is 0.235 e. The first kappa shape index (κ1) is 17.9. The molecule has 1 aromatic carbocycles. The Hall–Kier alpha value is -1.45. The van der Waals surface area contributed by atoms with Gasteiger partial charge in [-0.3, -0.25) is 4.79 Å². The van der Waals surface area contributed by atoms with Crippen molar-refractivity contribution in [3.63, 3.8) is 0 Å². The van der Waals surface area contributed by atoms with Gasteiger partial charge < -0.3 is 5.32 Å². The highest BCUT2D eigenvalue weighted by molar-refractivity contribution is 7.91. The number of sulfonamides is 1. The number of carbonyl (C=O) groups excluding carboxylic acids is 1. The predicted molar refractivity (Wildman–Crippen MR) is 86.9 cm³/mol. The lowest BCUT2D eigenvalue weighted by Crippen LogP contribution is -2.44. The molecule has 0 aromatic heterocycles. The summed E-state index contributed by atoms with van der Waals surface area (Å²) >= 11 is 0. The largest absolute Gasteiger partial charge is 0.351 e. The molecule has 1 saturated heterocycles. The third-order valence-corrected chi connectivity index (χ3v) is 6.55. The molecule has 1 unspecified atom stereocenters. The number of carbonyl (C=O) groups is 1. The maximum atomic E-state index is 12.0. The summed E-state index contributed by atoms with van der Waals surface area (Å²) in [6.07, 6.45) is 1.41. The SMILES string of the molecule is CS(=O)(=O)N(CC(=O)NC1CCS(=O)(=O)C1)Cc1ccccc1. The first-order valence-electron chi connectivity index (χ1n) is 7.14. The molecular weight excluding hydrogens is 340 g/mol. The van der Waals surface area contributed by atoms with Crippen molar-refractivity contribution < 1.29 is 21.6 Å². The first-order valence-corrected chi connectivity index (χ1v) is 10.8. The van der Waals surface area contributed by atoms with Crippen LogP contribution in [0, 0.1) is 0 Å². The highest BCUT2D eigenvalue weighted by atomic mass is 32.2. The average Bonchev–Trinajstić information content (AvgIpc) is 2.77. The Morgan fingerprint density at radius 2 is 1.96 bits per heavy atom. The Morgan fingerprint density at radius 1 is 1.30 bits per heavy atom. The monoisotopic (exact) mass is 360 g/mol. The molecule has 0 spiro atoms. The molecular formula is C14H20N2O5S2. The highest BCUT2D eigenvalue weighted by Gasteiger charge is 2.30. The van der Waals surface area contributed by atoms with Crippen molar-refractivity contribution in [1.29, 1.82) is 0 Å². The van der Waals surface area contributed by atoms with Crippen molar-refractivity contribution in [3.8, 4) is 0 Å². The molecule has 1 amide bonds. The van der Waals surface area contributed by atoms with Crippen LogP contribution in [0.1, 0.15) is 12.0 Å². The van der Waals surface area contributed by atoms with E-state index in [0.717, 1.165) is 16.1 Å². The molecule has 2 rings (SSSR count). The summed E-state index contributed by atoms with van der Waals surface area (Å²) in [6.45, 7) is -0.236. The van der Waals surface area contributed by atoms with Crippen LogP contribution in [0.4, 0.5) is 0 Å². The zero-order valence-electron chi connectivity index (χ0n) is 12.8. The average molecular weight is 360 g/mol. The molecule has 1 aromatic rings. The maximum Gasteiger partial charge on any atom is 0.235 e. The zero-order chi connectivity index (χ0) is 17.1. The van der Waals surface area contributed by atoms with Crippen LogP contribution < -0.4 is 5.32 Å². The Balaban J connectivity index is 1.99. The fraction of sp³-hybridized carbons (Fsp3) is 0.500. The van der Waals surface area contributed by atoms with E-state index in [0.29, 0.717) is 6.42 Å². The van der Waals surface area contributed by atoms with Crippen molar-refractivity contribution in [3.05, 3.63) is 35.9 Å². The topological polar surface area (TPSA) is 101 Å². The first-order chi connectivity index (χ1) is 10.7. The van der Waals surface area contributed by atoms with Crippen LogP contribution in [0.3, 0.4) is 0 Å². The number of hydrogen-bond donors (Lipinski definition) is 1. The number of sulfone groups is 1. The quantitative estimate of drug-likeness (QED) is 0.754. The number of benzene rings is 1. The summed E-state index contributed by atoms with van der Waals surface area (Å²) in [7, 11) is -6.65. The van der Waals surface area contributed by atoms with E-state index in [1.54, 1.807) is 24.3 Å².